The zero-order chi connectivity index (χ0) is 41.9. The van der Waals surface area contributed by atoms with Crippen molar-refractivity contribution < 1.29 is 24.5 Å². The zero-order valence-corrected chi connectivity index (χ0v) is 34.3. The number of nitrogens with two attached hydrogens (primary N) is 1. The number of phenols is 3. The third-order valence-electron chi connectivity index (χ3n) is 7.61. The number of rotatable bonds is 6. The number of nitrogens with one attached hydrogen (secondary N) is 3. The van der Waals surface area contributed by atoms with Gasteiger partial charge in [0.2, 0.25) is 5.91 Å². The highest BCUT2D eigenvalue weighted by atomic mass is 16.3. The number of phenolic OH excluding ortho intramolecular Hbond substituents is 3. The Morgan fingerprint density at radius 2 is 1.21 bits per heavy atom. The van der Waals surface area contributed by atoms with Crippen LogP contribution in [-0.2, 0) is 4.79 Å². The van der Waals surface area contributed by atoms with Crippen LogP contribution in [0.2, 0.25) is 6.82 Å². The highest BCUT2D eigenvalue weighted by molar-refractivity contribution is 6.05. The minimum atomic E-state index is -0.139. The van der Waals surface area contributed by atoms with E-state index < -0.39 is 0 Å². The molecule has 0 unspecified atom stereocenters. The summed E-state index contributed by atoms with van der Waals surface area (Å²) in [5, 5.41) is 37.3. The minimum Gasteiger partial charge on any atom is -0.508 e. The standard InChI is InChI=1S/C18H21N3O.C9H11NO2.C9H13NO.C7H9NO.CH3B.CH4/c1-5-19-13-7-12(4)18-17(9-13)22-16-10-14(20-6-2)11(3)8-15(16)21-18;1-6-3-8(10-7(2)11)5-9(12)4-6;1-3-10-8-4-7(2)5-9(11)6-8;1-5-2-6(8)4-7(9)3-5;1-2;/h7-10,19H,5-6H2,1-4H3;3-5,12H,1-2H3,(H,10,11);4-6,10-11H,3H2,1-2H3;2-4,9H,8H2,1H3;1H3;1H4. The topological polar surface area (TPSA) is 178 Å². The van der Waals surface area contributed by atoms with Gasteiger partial charge in [-0.3, -0.25) is 9.79 Å². The highest BCUT2D eigenvalue weighted by Crippen LogP contribution is 2.29. The second kappa shape index (κ2) is 24.4. The van der Waals surface area contributed by atoms with E-state index in [9.17, 15) is 9.90 Å². The molecule has 1 heterocycles. The molecule has 2 radical (unpaired) electrons. The van der Waals surface area contributed by atoms with Crippen molar-refractivity contribution in [2.45, 2.75) is 76.6 Å². The summed E-state index contributed by atoms with van der Waals surface area (Å²) in [5.41, 5.74) is 16.4. The largest absolute Gasteiger partial charge is 0.508 e. The molecule has 304 valence electrons. The van der Waals surface area contributed by atoms with E-state index in [1.54, 1.807) is 36.4 Å². The second-order valence-electron chi connectivity index (χ2n) is 12.9. The van der Waals surface area contributed by atoms with Crippen LogP contribution < -0.4 is 27.0 Å². The van der Waals surface area contributed by atoms with Crippen LogP contribution in [0.4, 0.5) is 22.7 Å². The van der Waals surface area contributed by atoms with Gasteiger partial charge in [-0.25, -0.2) is 4.98 Å². The van der Waals surface area contributed by atoms with Gasteiger partial charge < -0.3 is 41.4 Å². The molecule has 0 saturated carbocycles. The lowest BCUT2D eigenvalue weighted by atomic mass is 10.1. The third-order valence-corrected chi connectivity index (χ3v) is 7.61. The molecule has 2 aliphatic rings. The van der Waals surface area contributed by atoms with Gasteiger partial charge in [0.05, 0.1) is 13.2 Å². The van der Waals surface area contributed by atoms with E-state index in [1.165, 1.54) is 25.9 Å². The van der Waals surface area contributed by atoms with E-state index in [4.69, 9.17) is 25.3 Å². The lowest BCUT2D eigenvalue weighted by Crippen LogP contribution is -2.09. The number of aromatic nitrogens is 1. The van der Waals surface area contributed by atoms with Crippen molar-refractivity contribution in [3.05, 3.63) is 112 Å². The summed E-state index contributed by atoms with van der Waals surface area (Å²) < 4.78 is 6.09. The van der Waals surface area contributed by atoms with Crippen LogP contribution in [-0.4, -0.2) is 53.7 Å². The number of anilines is 4. The number of fused-ring (bicyclic) bond motifs is 2. The van der Waals surface area contributed by atoms with Gasteiger partial charge in [0, 0.05) is 79.6 Å². The number of carbonyl (C=O) groups excluding carboxylic acids is 1. The molecule has 11 nitrogen and oxygen atoms in total. The van der Waals surface area contributed by atoms with Crippen molar-refractivity contribution in [3.8, 4) is 28.7 Å². The Morgan fingerprint density at radius 1 is 0.702 bits per heavy atom. The van der Waals surface area contributed by atoms with Gasteiger partial charge in [-0.15, -0.1) is 0 Å². The van der Waals surface area contributed by atoms with Crippen molar-refractivity contribution in [2.24, 2.45) is 4.99 Å². The summed E-state index contributed by atoms with van der Waals surface area (Å²) in [4.78, 5) is 19.9. The average Bonchev–Trinajstić information content (AvgIpc) is 3.09. The number of nitrogen functional groups attached to an aromatic ring is 1. The van der Waals surface area contributed by atoms with Gasteiger partial charge in [0.1, 0.15) is 28.5 Å². The Kier molecular flexibility index (Phi) is 20.9. The van der Waals surface area contributed by atoms with E-state index in [-0.39, 0.29) is 24.8 Å². The number of hydrogen-bond acceptors (Lipinski definition) is 10. The van der Waals surface area contributed by atoms with Crippen LogP contribution in [0.3, 0.4) is 0 Å². The third kappa shape index (κ3) is 16.6. The number of aryl methyl sites for hydroxylation is 5. The van der Waals surface area contributed by atoms with E-state index in [1.807, 2.05) is 58.9 Å². The molecule has 4 aromatic carbocycles. The molecular weight excluding hydrogens is 715 g/mol. The van der Waals surface area contributed by atoms with Crippen LogP contribution in [0, 0.1) is 34.6 Å². The first-order valence-electron chi connectivity index (χ1n) is 18.5. The second-order valence-corrected chi connectivity index (χ2v) is 12.9. The van der Waals surface area contributed by atoms with Gasteiger partial charge in [-0.1, -0.05) is 14.2 Å². The van der Waals surface area contributed by atoms with E-state index >= 15 is 0 Å². The van der Waals surface area contributed by atoms with Crippen molar-refractivity contribution in [3.63, 3.8) is 0 Å². The fraction of sp³-hybridized carbons (Fsp3) is 0.311. The first kappa shape index (κ1) is 48.9. The van der Waals surface area contributed by atoms with Crippen LogP contribution in [0.1, 0.15) is 62.9 Å². The number of aromatic hydroxyl groups is 3. The molecule has 0 aromatic heterocycles. The first-order valence-corrected chi connectivity index (χ1v) is 18.5. The summed E-state index contributed by atoms with van der Waals surface area (Å²) in [7, 11) is 4.50. The molecule has 0 fully saturated rings. The minimum absolute atomic E-state index is 0. The number of carbonyl (C=O) groups is 1. The van der Waals surface area contributed by atoms with Crippen molar-refractivity contribution >= 4 is 47.6 Å². The van der Waals surface area contributed by atoms with Crippen LogP contribution in [0.25, 0.3) is 22.6 Å². The van der Waals surface area contributed by atoms with Gasteiger partial charge in [-0.2, -0.15) is 0 Å². The normalized spacial score (nSPS) is 10.2. The van der Waals surface area contributed by atoms with Crippen LogP contribution >= 0.6 is 0 Å². The summed E-state index contributed by atoms with van der Waals surface area (Å²) >= 11 is 0. The molecule has 0 saturated heterocycles. The lowest BCUT2D eigenvalue weighted by molar-refractivity contribution is -0.114. The average molecular weight is 777 g/mol. The predicted molar refractivity (Wildman–Crippen MR) is 240 cm³/mol. The number of benzene rings is 5. The predicted octanol–water partition coefficient (Wildman–Crippen LogP) is 9.82. The zero-order valence-electron chi connectivity index (χ0n) is 34.3. The van der Waals surface area contributed by atoms with Crippen molar-refractivity contribution in [2.75, 3.05) is 41.3 Å². The van der Waals surface area contributed by atoms with Gasteiger partial charge in [-0.05, 0) is 132 Å². The van der Waals surface area contributed by atoms with Crippen LogP contribution in [0.5, 0.6) is 17.2 Å². The lowest BCUT2D eigenvalue weighted by Gasteiger charge is -2.11. The smallest absolute Gasteiger partial charge is 0.221 e. The van der Waals surface area contributed by atoms with Crippen molar-refractivity contribution in [1.82, 2.24) is 4.98 Å². The fourth-order valence-electron chi connectivity index (χ4n) is 5.58. The van der Waals surface area contributed by atoms with E-state index in [2.05, 4.69) is 55.6 Å². The monoisotopic (exact) mass is 776 g/mol. The maximum Gasteiger partial charge on any atom is 0.221 e. The molecular formula is C45H61BN6O5. The molecule has 0 spiro atoms. The Hall–Kier alpha value is -6.17. The van der Waals surface area contributed by atoms with Gasteiger partial charge >= 0.3 is 0 Å². The molecule has 12 heteroatoms. The molecule has 0 bridgehead atoms. The fourth-order valence-corrected chi connectivity index (χ4v) is 5.58. The maximum atomic E-state index is 10.6. The first-order chi connectivity index (χ1) is 26.6. The molecule has 6 rings (SSSR count). The Balaban J connectivity index is 0.000000398. The molecule has 4 aromatic rings. The number of amides is 1. The molecule has 0 atom stereocenters. The molecule has 1 amide bonds. The van der Waals surface area contributed by atoms with Crippen molar-refractivity contribution in [1.29, 1.82) is 0 Å². The number of nitrogens with zero attached hydrogens (tertiary/aromatic N) is 2. The summed E-state index contributed by atoms with van der Waals surface area (Å²) in [6.45, 7) is 21.4. The Labute approximate surface area is 339 Å². The summed E-state index contributed by atoms with van der Waals surface area (Å²) in [6.07, 6.45) is 0. The van der Waals surface area contributed by atoms with Gasteiger partial charge in [0.25, 0.3) is 0 Å². The number of hydrogen-bond donors (Lipinski definition) is 7. The molecule has 1 aliphatic heterocycles. The SMILES string of the molecule is C.CC(=O)Nc1cc(C)cc(O)c1.CCN=c1cc2oc3cc(NCC)cc(C)c3nc-2cc1C.CCNc1cc(C)cc(O)c1.Cc1cc(N)cc(O)c1.[B]C. The Bertz CT molecular complexity index is 2130. The molecule has 57 heavy (non-hydrogen) atoms. The molecule has 8 N–H and O–H groups in total. The Morgan fingerprint density at radius 3 is 1.70 bits per heavy atom. The van der Waals surface area contributed by atoms with E-state index in [0.29, 0.717) is 17.1 Å². The molecule has 1 aliphatic carbocycles. The van der Waals surface area contributed by atoms with Gasteiger partial charge in [0.15, 0.2) is 11.3 Å². The van der Waals surface area contributed by atoms with E-state index in [0.717, 1.165) is 86.7 Å². The summed E-state index contributed by atoms with van der Waals surface area (Å²) in [5.74, 6) is 1.35. The summed E-state index contributed by atoms with van der Waals surface area (Å²) in [6, 6.07) is 23.5. The highest BCUT2D eigenvalue weighted by Gasteiger charge is 2.13. The van der Waals surface area contributed by atoms with Crippen LogP contribution in [0.15, 0.2) is 88.3 Å². The quantitative estimate of drug-likeness (QED) is 0.0493. The maximum absolute atomic E-state index is 10.6.